The number of anilines is 2. The van der Waals surface area contributed by atoms with Gasteiger partial charge in [-0.25, -0.2) is 4.98 Å². The molecule has 2 N–H and O–H groups in total. The summed E-state index contributed by atoms with van der Waals surface area (Å²) in [6.45, 7) is 3.90. The van der Waals surface area contributed by atoms with Gasteiger partial charge in [-0.15, -0.1) is 0 Å². The molecule has 0 saturated carbocycles. The number of nitrogens with two attached hydrogens (primary N) is 1. The van der Waals surface area contributed by atoms with Crippen LogP contribution in [0.4, 0.5) is 11.5 Å². The van der Waals surface area contributed by atoms with Gasteiger partial charge in [0.1, 0.15) is 5.82 Å². The third-order valence-electron chi connectivity index (χ3n) is 4.41. The number of ether oxygens (including phenoxy) is 1. The zero-order valence-corrected chi connectivity index (χ0v) is 11.8. The third-order valence-corrected chi connectivity index (χ3v) is 4.73. The number of halogens is 1. The molecule has 3 heterocycles. The summed E-state index contributed by atoms with van der Waals surface area (Å²) in [6, 6.07) is 1.89. The lowest BCUT2D eigenvalue weighted by molar-refractivity contribution is 0.00747. The first-order valence-corrected chi connectivity index (χ1v) is 7.30. The van der Waals surface area contributed by atoms with Gasteiger partial charge in [-0.1, -0.05) is 11.6 Å². The van der Waals surface area contributed by atoms with Crippen LogP contribution in [0.1, 0.15) is 25.7 Å². The molecule has 4 nitrogen and oxygen atoms in total. The lowest BCUT2D eigenvalue weighted by Gasteiger charge is -2.45. The highest BCUT2D eigenvalue weighted by molar-refractivity contribution is 6.32. The number of hydrogen-bond acceptors (Lipinski definition) is 4. The zero-order valence-electron chi connectivity index (χ0n) is 11.1. The van der Waals surface area contributed by atoms with Crippen molar-refractivity contribution < 1.29 is 4.74 Å². The maximum atomic E-state index is 5.94. The topological polar surface area (TPSA) is 51.4 Å². The summed E-state index contributed by atoms with van der Waals surface area (Å²) >= 11 is 5.94. The Labute approximate surface area is 118 Å². The highest BCUT2D eigenvalue weighted by atomic mass is 35.5. The molecule has 0 atom stereocenters. The Kier molecular flexibility index (Phi) is 3.54. The van der Waals surface area contributed by atoms with E-state index in [2.05, 4.69) is 9.88 Å². The van der Waals surface area contributed by atoms with Gasteiger partial charge < -0.3 is 15.4 Å². The van der Waals surface area contributed by atoms with E-state index >= 15 is 0 Å². The van der Waals surface area contributed by atoms with E-state index in [0.29, 0.717) is 16.1 Å². The number of nitrogens with zero attached hydrogens (tertiary/aromatic N) is 2. The van der Waals surface area contributed by atoms with Crippen molar-refractivity contribution in [2.24, 2.45) is 5.41 Å². The van der Waals surface area contributed by atoms with Crippen LogP contribution < -0.4 is 10.6 Å². The maximum absolute atomic E-state index is 5.94. The van der Waals surface area contributed by atoms with E-state index in [-0.39, 0.29) is 0 Å². The first-order chi connectivity index (χ1) is 9.19. The van der Waals surface area contributed by atoms with Crippen molar-refractivity contribution in [1.29, 1.82) is 0 Å². The van der Waals surface area contributed by atoms with Crippen LogP contribution in [0.15, 0.2) is 12.3 Å². The zero-order chi connectivity index (χ0) is 13.3. The monoisotopic (exact) mass is 281 g/mol. The first kappa shape index (κ1) is 13.0. The standard InChI is InChI=1S/C14H20ClN3O/c15-11-9-17-13(8-12(11)16)18-5-1-2-14(10-18)3-6-19-7-4-14/h8-9H,1-7,10H2,(H2,16,17). The van der Waals surface area contributed by atoms with E-state index in [1.54, 1.807) is 6.20 Å². The van der Waals surface area contributed by atoms with Crippen LogP contribution >= 0.6 is 11.6 Å². The van der Waals surface area contributed by atoms with E-state index in [9.17, 15) is 0 Å². The van der Waals surface area contributed by atoms with E-state index < -0.39 is 0 Å². The normalized spacial score (nSPS) is 22.7. The Morgan fingerprint density at radius 1 is 1.32 bits per heavy atom. The molecule has 1 spiro atoms. The smallest absolute Gasteiger partial charge is 0.130 e. The van der Waals surface area contributed by atoms with E-state index in [1.807, 2.05) is 6.07 Å². The van der Waals surface area contributed by atoms with Gasteiger partial charge in [0.25, 0.3) is 0 Å². The average Bonchev–Trinajstić information content (AvgIpc) is 2.43. The predicted molar refractivity (Wildman–Crippen MR) is 77.6 cm³/mol. The lowest BCUT2D eigenvalue weighted by Crippen LogP contribution is -2.46. The van der Waals surface area contributed by atoms with Crippen molar-refractivity contribution in [3.8, 4) is 0 Å². The molecule has 0 bridgehead atoms. The minimum atomic E-state index is 0.409. The molecule has 2 fully saturated rings. The average molecular weight is 282 g/mol. The predicted octanol–water partition coefficient (Wildman–Crippen LogP) is 2.71. The van der Waals surface area contributed by atoms with E-state index in [4.69, 9.17) is 22.1 Å². The van der Waals surface area contributed by atoms with Crippen LogP contribution in [0.3, 0.4) is 0 Å². The number of nitrogen functional groups attached to an aromatic ring is 1. The minimum absolute atomic E-state index is 0.409. The largest absolute Gasteiger partial charge is 0.397 e. The fourth-order valence-corrected chi connectivity index (χ4v) is 3.33. The molecular weight excluding hydrogens is 262 g/mol. The third kappa shape index (κ3) is 2.65. The van der Waals surface area contributed by atoms with Crippen LogP contribution in [0, 0.1) is 5.41 Å². The van der Waals surface area contributed by atoms with Crippen molar-refractivity contribution in [1.82, 2.24) is 4.98 Å². The Morgan fingerprint density at radius 2 is 2.11 bits per heavy atom. The van der Waals surface area contributed by atoms with Crippen LogP contribution in [0.5, 0.6) is 0 Å². The molecule has 1 aromatic rings. The second kappa shape index (κ2) is 5.17. The van der Waals surface area contributed by atoms with Gasteiger partial charge in [0, 0.05) is 38.6 Å². The van der Waals surface area contributed by atoms with Gasteiger partial charge in [-0.2, -0.15) is 0 Å². The molecule has 2 aliphatic rings. The van der Waals surface area contributed by atoms with Gasteiger partial charge in [-0.3, -0.25) is 0 Å². The summed E-state index contributed by atoms with van der Waals surface area (Å²) in [4.78, 5) is 6.77. The van der Waals surface area contributed by atoms with Crippen LogP contribution in [-0.2, 0) is 4.74 Å². The van der Waals surface area contributed by atoms with Crippen molar-refractivity contribution in [3.63, 3.8) is 0 Å². The Hall–Kier alpha value is -1.00. The molecule has 19 heavy (non-hydrogen) atoms. The van der Waals surface area contributed by atoms with E-state index in [1.165, 1.54) is 12.8 Å². The molecule has 2 aliphatic heterocycles. The molecule has 0 unspecified atom stereocenters. The summed E-state index contributed by atoms with van der Waals surface area (Å²) in [5.74, 6) is 0.951. The second-order valence-electron chi connectivity index (χ2n) is 5.70. The fourth-order valence-electron chi connectivity index (χ4n) is 3.23. The molecule has 5 heteroatoms. The van der Waals surface area contributed by atoms with Crippen molar-refractivity contribution in [2.45, 2.75) is 25.7 Å². The maximum Gasteiger partial charge on any atom is 0.130 e. The molecule has 0 radical (unpaired) electrons. The van der Waals surface area contributed by atoms with Gasteiger partial charge in [0.05, 0.1) is 10.7 Å². The van der Waals surface area contributed by atoms with Gasteiger partial charge in [-0.05, 0) is 31.1 Å². The highest BCUT2D eigenvalue weighted by Crippen LogP contribution is 2.40. The molecule has 0 amide bonds. The van der Waals surface area contributed by atoms with Gasteiger partial charge in [0.15, 0.2) is 0 Å². The van der Waals surface area contributed by atoms with Crippen molar-refractivity contribution in [3.05, 3.63) is 17.3 Å². The van der Waals surface area contributed by atoms with Crippen molar-refractivity contribution in [2.75, 3.05) is 36.9 Å². The SMILES string of the molecule is Nc1cc(N2CCCC3(CCOCC3)C2)ncc1Cl. The number of pyridine rings is 1. The molecule has 104 valence electrons. The molecule has 2 saturated heterocycles. The quantitative estimate of drug-likeness (QED) is 0.860. The Balaban J connectivity index is 1.78. The lowest BCUT2D eigenvalue weighted by atomic mass is 9.74. The minimum Gasteiger partial charge on any atom is -0.397 e. The summed E-state index contributed by atoms with van der Waals surface area (Å²) in [6.07, 6.45) is 6.48. The summed E-state index contributed by atoms with van der Waals surface area (Å²) in [5, 5.41) is 0.529. The number of hydrogen-bond donors (Lipinski definition) is 1. The van der Waals surface area contributed by atoms with Crippen LogP contribution in [0.2, 0.25) is 5.02 Å². The summed E-state index contributed by atoms with van der Waals surface area (Å²) < 4.78 is 5.50. The second-order valence-corrected chi connectivity index (χ2v) is 6.11. The van der Waals surface area contributed by atoms with Crippen LogP contribution in [0.25, 0.3) is 0 Å². The van der Waals surface area contributed by atoms with E-state index in [0.717, 1.165) is 45.0 Å². The van der Waals surface area contributed by atoms with Gasteiger partial charge in [0.2, 0.25) is 0 Å². The van der Waals surface area contributed by atoms with Crippen molar-refractivity contribution >= 4 is 23.1 Å². The molecular formula is C14H20ClN3O. The Bertz CT molecular complexity index is 454. The molecule has 0 aliphatic carbocycles. The molecule has 0 aromatic carbocycles. The van der Waals surface area contributed by atoms with Gasteiger partial charge >= 0.3 is 0 Å². The fraction of sp³-hybridized carbons (Fsp3) is 0.643. The molecule has 3 rings (SSSR count). The number of piperidine rings is 1. The van der Waals surface area contributed by atoms with Crippen LogP contribution in [-0.4, -0.2) is 31.3 Å². The summed E-state index contributed by atoms with van der Waals surface area (Å²) in [7, 11) is 0. The number of rotatable bonds is 1. The first-order valence-electron chi connectivity index (χ1n) is 6.92. The summed E-state index contributed by atoms with van der Waals surface area (Å²) in [5.41, 5.74) is 6.90. The Morgan fingerprint density at radius 3 is 2.84 bits per heavy atom. The number of aromatic nitrogens is 1. The highest BCUT2D eigenvalue weighted by Gasteiger charge is 2.37. The molecule has 1 aromatic heterocycles.